The minimum Gasteiger partial charge on any atom is -0.265 e. The van der Waals surface area contributed by atoms with Crippen LogP contribution >= 0.6 is 0 Å². The van der Waals surface area contributed by atoms with Gasteiger partial charge in [-0.05, 0) is 18.2 Å². The summed E-state index contributed by atoms with van der Waals surface area (Å²) in [4.78, 5) is 3.72. The molecule has 0 atom stereocenters. The number of rotatable bonds is 1. The minimum atomic E-state index is -4.40. The Hall–Kier alpha value is -1.85. The molecule has 0 aliphatic heterocycles. The molecule has 78 valence electrons. The van der Waals surface area contributed by atoms with E-state index in [9.17, 15) is 13.2 Å². The Kier molecular flexibility index (Phi) is 2.18. The lowest BCUT2D eigenvalue weighted by atomic mass is 10.3. The van der Waals surface area contributed by atoms with Crippen molar-refractivity contribution < 1.29 is 13.2 Å². The molecule has 3 nitrogen and oxygen atoms in total. The molecule has 0 amide bonds. The van der Waals surface area contributed by atoms with Gasteiger partial charge in [0.15, 0.2) is 0 Å². The first-order valence-electron chi connectivity index (χ1n) is 4.10. The van der Waals surface area contributed by atoms with E-state index in [-0.39, 0.29) is 0 Å². The zero-order chi connectivity index (χ0) is 10.9. The van der Waals surface area contributed by atoms with E-state index in [0.717, 1.165) is 16.9 Å². The van der Waals surface area contributed by atoms with Crippen LogP contribution in [0, 0.1) is 0 Å². The summed E-state index contributed by atoms with van der Waals surface area (Å²) in [6.07, 6.45) is -0.461. The van der Waals surface area contributed by atoms with Crippen molar-refractivity contribution in [1.82, 2.24) is 14.8 Å². The molecule has 2 aromatic heterocycles. The van der Waals surface area contributed by atoms with Crippen LogP contribution in [0.1, 0.15) is 5.69 Å². The van der Waals surface area contributed by atoms with E-state index in [2.05, 4.69) is 10.1 Å². The Morgan fingerprint density at radius 1 is 1.00 bits per heavy atom. The van der Waals surface area contributed by atoms with Gasteiger partial charge in [-0.3, -0.25) is 4.98 Å². The zero-order valence-corrected chi connectivity index (χ0v) is 7.44. The highest BCUT2D eigenvalue weighted by Crippen LogP contribution is 2.30. The van der Waals surface area contributed by atoms with Gasteiger partial charge in [0.2, 0.25) is 0 Å². The van der Waals surface area contributed by atoms with E-state index in [1.54, 1.807) is 0 Å². The second-order valence-electron chi connectivity index (χ2n) is 2.83. The van der Waals surface area contributed by atoms with Crippen molar-refractivity contribution in [2.45, 2.75) is 6.18 Å². The maximum absolute atomic E-state index is 12.5. The highest BCUT2D eigenvalue weighted by Gasteiger charge is 2.34. The number of hydrogen-bond donors (Lipinski definition) is 0. The number of pyridine rings is 1. The van der Waals surface area contributed by atoms with Crippen LogP contribution in [-0.2, 0) is 6.18 Å². The molecule has 2 rings (SSSR count). The lowest BCUT2D eigenvalue weighted by Gasteiger charge is -2.09. The van der Waals surface area contributed by atoms with E-state index in [1.165, 1.54) is 24.5 Å². The van der Waals surface area contributed by atoms with Crippen molar-refractivity contribution >= 4 is 0 Å². The van der Waals surface area contributed by atoms with Crippen LogP contribution in [0.15, 0.2) is 36.8 Å². The molecule has 0 fully saturated rings. The molecule has 0 aliphatic rings. The molecule has 0 spiro atoms. The highest BCUT2D eigenvalue weighted by atomic mass is 19.4. The number of hydrogen-bond acceptors (Lipinski definition) is 2. The van der Waals surface area contributed by atoms with Crippen LogP contribution in [0.25, 0.3) is 5.69 Å². The summed E-state index contributed by atoms with van der Waals surface area (Å²) in [7, 11) is 0. The molecule has 0 radical (unpaired) electrons. The maximum Gasteiger partial charge on any atom is 0.433 e. The largest absolute Gasteiger partial charge is 0.433 e. The minimum absolute atomic E-state index is 0.335. The van der Waals surface area contributed by atoms with Crippen LogP contribution in [0.4, 0.5) is 13.2 Å². The molecule has 0 unspecified atom stereocenters. The molecule has 6 heteroatoms. The van der Waals surface area contributed by atoms with Gasteiger partial charge >= 0.3 is 6.18 Å². The van der Waals surface area contributed by atoms with Crippen LogP contribution in [0.2, 0.25) is 0 Å². The van der Waals surface area contributed by atoms with Gasteiger partial charge in [0.1, 0.15) is 5.69 Å². The third-order valence-electron chi connectivity index (χ3n) is 1.84. The fraction of sp³-hybridized carbons (Fsp3) is 0.111. The Morgan fingerprint density at radius 3 is 2.27 bits per heavy atom. The van der Waals surface area contributed by atoms with E-state index in [4.69, 9.17) is 0 Å². The van der Waals surface area contributed by atoms with Gasteiger partial charge in [0.25, 0.3) is 0 Å². The molecule has 2 heterocycles. The predicted molar refractivity (Wildman–Crippen MR) is 46.4 cm³/mol. The van der Waals surface area contributed by atoms with Crippen molar-refractivity contribution in [3.05, 3.63) is 42.5 Å². The lowest BCUT2D eigenvalue weighted by Crippen LogP contribution is -2.13. The Bertz CT molecular complexity index is 447. The Balaban J connectivity index is 2.51. The first kappa shape index (κ1) is 9.70. The van der Waals surface area contributed by atoms with Crippen molar-refractivity contribution in [2.75, 3.05) is 0 Å². The first-order valence-corrected chi connectivity index (χ1v) is 4.10. The normalized spacial score (nSPS) is 11.7. The van der Waals surface area contributed by atoms with Gasteiger partial charge < -0.3 is 0 Å². The quantitative estimate of drug-likeness (QED) is 0.727. The van der Waals surface area contributed by atoms with Crippen molar-refractivity contribution in [2.24, 2.45) is 0 Å². The fourth-order valence-corrected chi connectivity index (χ4v) is 1.21. The molecule has 0 aromatic carbocycles. The number of nitrogens with zero attached hydrogens (tertiary/aromatic N) is 3. The van der Waals surface area contributed by atoms with Crippen LogP contribution in [-0.4, -0.2) is 14.8 Å². The fourth-order valence-electron chi connectivity index (χ4n) is 1.21. The Morgan fingerprint density at radius 2 is 1.67 bits per heavy atom. The average Bonchev–Trinajstić information content (AvgIpc) is 2.67. The van der Waals surface area contributed by atoms with Gasteiger partial charge in [-0.25, -0.2) is 4.68 Å². The standard InChI is InChI=1S/C9H6F3N3/c10-9(11,12)8-3-6-14-15(8)7-1-4-13-5-2-7/h1-6H. The summed E-state index contributed by atoms with van der Waals surface area (Å²) < 4.78 is 38.3. The lowest BCUT2D eigenvalue weighted by molar-refractivity contribution is -0.142. The van der Waals surface area contributed by atoms with Gasteiger partial charge in [-0.2, -0.15) is 18.3 Å². The summed E-state index contributed by atoms with van der Waals surface area (Å²) in [6.45, 7) is 0. The van der Waals surface area contributed by atoms with Crippen LogP contribution in [0.3, 0.4) is 0 Å². The van der Waals surface area contributed by atoms with Crippen molar-refractivity contribution in [3.8, 4) is 5.69 Å². The van der Waals surface area contributed by atoms with Gasteiger partial charge in [-0.15, -0.1) is 0 Å². The second kappa shape index (κ2) is 3.38. The van der Waals surface area contributed by atoms with Crippen molar-refractivity contribution in [1.29, 1.82) is 0 Å². The number of alkyl halides is 3. The van der Waals surface area contributed by atoms with Gasteiger partial charge in [0, 0.05) is 12.4 Å². The van der Waals surface area contributed by atoms with Gasteiger partial charge in [-0.1, -0.05) is 0 Å². The molecule has 0 saturated carbocycles. The van der Waals surface area contributed by atoms with Crippen LogP contribution < -0.4 is 0 Å². The highest BCUT2D eigenvalue weighted by molar-refractivity contribution is 5.30. The third-order valence-corrected chi connectivity index (χ3v) is 1.84. The zero-order valence-electron chi connectivity index (χ0n) is 7.44. The summed E-state index contributed by atoms with van der Waals surface area (Å²) in [5.41, 5.74) is -0.462. The van der Waals surface area contributed by atoms with E-state index < -0.39 is 11.9 Å². The monoisotopic (exact) mass is 213 g/mol. The molecule has 15 heavy (non-hydrogen) atoms. The van der Waals surface area contributed by atoms with E-state index in [0.29, 0.717) is 5.69 Å². The SMILES string of the molecule is FC(F)(F)c1ccnn1-c1ccncc1. The molecule has 2 aromatic rings. The second-order valence-corrected chi connectivity index (χ2v) is 2.83. The molecule has 0 aliphatic carbocycles. The Labute approximate surface area is 83.2 Å². The topological polar surface area (TPSA) is 30.7 Å². The summed E-state index contributed by atoms with van der Waals surface area (Å²) in [5, 5.41) is 3.62. The number of halogens is 3. The van der Waals surface area contributed by atoms with Crippen LogP contribution in [0.5, 0.6) is 0 Å². The third kappa shape index (κ3) is 1.83. The summed E-state index contributed by atoms with van der Waals surface area (Å²) in [6, 6.07) is 3.85. The molecule has 0 saturated heterocycles. The summed E-state index contributed by atoms with van der Waals surface area (Å²) >= 11 is 0. The number of aromatic nitrogens is 3. The van der Waals surface area contributed by atoms with Crippen molar-refractivity contribution in [3.63, 3.8) is 0 Å². The van der Waals surface area contributed by atoms with Gasteiger partial charge in [0.05, 0.1) is 11.9 Å². The van der Waals surface area contributed by atoms with E-state index in [1.807, 2.05) is 0 Å². The van der Waals surface area contributed by atoms with E-state index >= 15 is 0 Å². The molecule has 0 bridgehead atoms. The maximum atomic E-state index is 12.5. The molecule has 0 N–H and O–H groups in total. The first-order chi connectivity index (χ1) is 7.09. The molecular weight excluding hydrogens is 207 g/mol. The smallest absolute Gasteiger partial charge is 0.265 e. The average molecular weight is 213 g/mol. The summed E-state index contributed by atoms with van der Waals surface area (Å²) in [5.74, 6) is 0. The molecular formula is C9H6F3N3. The predicted octanol–water partition coefficient (Wildman–Crippen LogP) is 2.29.